The number of furan rings is 2. The number of hydrogen-bond acceptors (Lipinski definition) is 3. The Balaban J connectivity index is 1.11. The van der Waals surface area contributed by atoms with Crippen LogP contribution < -0.4 is 4.90 Å². The summed E-state index contributed by atoms with van der Waals surface area (Å²) in [5.41, 5.74) is 15.6. The van der Waals surface area contributed by atoms with Crippen LogP contribution >= 0.6 is 0 Å². The van der Waals surface area contributed by atoms with E-state index in [1.165, 1.54) is 16.7 Å². The molecule has 0 aliphatic heterocycles. The van der Waals surface area contributed by atoms with Crippen molar-refractivity contribution in [3.05, 3.63) is 224 Å². The molecular weight excluding hydrogens is 743 g/mol. The summed E-state index contributed by atoms with van der Waals surface area (Å²) in [6, 6.07) is 79.7. The molecule has 0 spiro atoms. The number of hydrogen-bond donors (Lipinski definition) is 0. The van der Waals surface area contributed by atoms with Gasteiger partial charge in [0.15, 0.2) is 0 Å². The Morgan fingerprint density at radius 3 is 1.46 bits per heavy atom. The third kappa shape index (κ3) is 5.82. The number of fused-ring (bicyclic) bond motifs is 8. The van der Waals surface area contributed by atoms with E-state index < -0.39 is 0 Å². The average molecular weight is 780 g/mol. The van der Waals surface area contributed by atoms with Crippen LogP contribution in [0, 0.1) is 0 Å². The maximum atomic E-state index is 7.19. The summed E-state index contributed by atoms with van der Waals surface area (Å²) in [7, 11) is 0. The van der Waals surface area contributed by atoms with Crippen molar-refractivity contribution in [2.24, 2.45) is 0 Å². The van der Waals surface area contributed by atoms with E-state index in [0.29, 0.717) is 0 Å². The van der Waals surface area contributed by atoms with Crippen LogP contribution in [-0.2, 0) is 0 Å². The highest BCUT2D eigenvalue weighted by Gasteiger charge is 2.25. The Labute approximate surface area is 353 Å². The van der Waals surface area contributed by atoms with Gasteiger partial charge in [0, 0.05) is 44.0 Å². The Morgan fingerprint density at radius 1 is 0.279 bits per heavy atom. The molecule has 2 heterocycles. The van der Waals surface area contributed by atoms with Gasteiger partial charge in [-0.25, -0.2) is 0 Å². The summed E-state index contributed by atoms with van der Waals surface area (Å²) < 4.78 is 13.7. The zero-order valence-corrected chi connectivity index (χ0v) is 33.1. The zero-order chi connectivity index (χ0) is 40.3. The fraction of sp³-hybridized carbons (Fsp3) is 0. The molecule has 0 saturated carbocycles. The van der Waals surface area contributed by atoms with Crippen LogP contribution in [-0.4, -0.2) is 0 Å². The van der Waals surface area contributed by atoms with Crippen molar-refractivity contribution in [2.75, 3.05) is 4.90 Å². The first-order chi connectivity index (χ1) is 30.3. The Kier molecular flexibility index (Phi) is 8.17. The molecule has 0 N–H and O–H groups in total. The summed E-state index contributed by atoms with van der Waals surface area (Å²) in [4.78, 5) is 2.38. The summed E-state index contributed by atoms with van der Waals surface area (Å²) in [6.45, 7) is 0. The summed E-state index contributed by atoms with van der Waals surface area (Å²) in [5.74, 6) is 0. The van der Waals surface area contributed by atoms with E-state index in [2.05, 4.69) is 217 Å². The molecule has 3 nitrogen and oxygen atoms in total. The molecule has 0 saturated heterocycles. The molecule has 0 bridgehead atoms. The molecule has 0 aliphatic carbocycles. The van der Waals surface area contributed by atoms with Crippen LogP contribution in [0.1, 0.15) is 0 Å². The molecule has 12 aromatic rings. The number of rotatable bonds is 7. The fourth-order valence-electron chi connectivity index (χ4n) is 9.20. The second-order valence-corrected chi connectivity index (χ2v) is 15.6. The predicted octanol–water partition coefficient (Wildman–Crippen LogP) is 16.8. The van der Waals surface area contributed by atoms with E-state index in [1.807, 2.05) is 12.1 Å². The Bertz CT molecular complexity index is 3550. The van der Waals surface area contributed by atoms with E-state index in [4.69, 9.17) is 8.83 Å². The molecule has 61 heavy (non-hydrogen) atoms. The SMILES string of the molecule is c1ccc(-c2ccc(N(c3ccc(-c4cccc5c4oc4ccccc45)cc3)c3ccc(-c4ccccc4)c4oc5c6ccccc6c(-c6ccccc6)cc5c34)cc2)cc1. The molecule has 0 fully saturated rings. The summed E-state index contributed by atoms with van der Waals surface area (Å²) in [6.07, 6.45) is 0. The predicted molar refractivity (Wildman–Crippen MR) is 255 cm³/mol. The molecule has 3 heteroatoms. The van der Waals surface area contributed by atoms with E-state index in [9.17, 15) is 0 Å². The lowest BCUT2D eigenvalue weighted by Gasteiger charge is -2.27. The van der Waals surface area contributed by atoms with Gasteiger partial charge in [-0.1, -0.05) is 176 Å². The molecular formula is C58H37NO2. The van der Waals surface area contributed by atoms with E-state index in [1.54, 1.807) is 0 Å². The van der Waals surface area contributed by atoms with Gasteiger partial charge >= 0.3 is 0 Å². The van der Waals surface area contributed by atoms with Gasteiger partial charge in [-0.15, -0.1) is 0 Å². The van der Waals surface area contributed by atoms with Crippen LogP contribution in [0.3, 0.4) is 0 Å². The van der Waals surface area contributed by atoms with Crippen molar-refractivity contribution in [1.82, 2.24) is 0 Å². The highest BCUT2D eigenvalue weighted by molar-refractivity contribution is 6.24. The molecule has 10 aromatic carbocycles. The van der Waals surface area contributed by atoms with Gasteiger partial charge in [-0.3, -0.25) is 0 Å². The lowest BCUT2D eigenvalue weighted by molar-refractivity contribution is 0.670. The maximum Gasteiger partial charge on any atom is 0.145 e. The standard InChI is InChI=1S/C58H37NO2/c1-4-15-38(16-5-1)39-27-31-43(32-28-39)59(44-33-29-42(30-34-44)45-24-14-25-50-48-22-12-13-26-54(48)60-56(45)50)53-36-35-46(40-17-6-2-7-18-40)58-55(53)52-37-51(41-19-8-3-9-20-41)47-21-10-11-23-49(47)57(52)61-58/h1-37H. The van der Waals surface area contributed by atoms with Crippen molar-refractivity contribution >= 4 is 71.7 Å². The molecule has 12 rings (SSSR count). The highest BCUT2D eigenvalue weighted by atomic mass is 16.3. The summed E-state index contributed by atoms with van der Waals surface area (Å²) >= 11 is 0. The van der Waals surface area contributed by atoms with Crippen LogP contribution in [0.5, 0.6) is 0 Å². The van der Waals surface area contributed by atoms with E-state index in [-0.39, 0.29) is 0 Å². The van der Waals surface area contributed by atoms with Gasteiger partial charge in [-0.05, 0) is 87.3 Å². The second kappa shape index (κ2) is 14.3. The highest BCUT2D eigenvalue weighted by Crippen LogP contribution is 2.49. The molecule has 0 aliphatic rings. The number of benzene rings is 10. The first kappa shape index (κ1) is 34.9. The summed E-state index contributed by atoms with van der Waals surface area (Å²) in [5, 5.41) is 6.61. The molecule has 286 valence electrons. The third-order valence-electron chi connectivity index (χ3n) is 12.1. The van der Waals surface area contributed by atoms with Crippen LogP contribution in [0.4, 0.5) is 17.1 Å². The average Bonchev–Trinajstić information content (AvgIpc) is 3.92. The Morgan fingerprint density at radius 2 is 0.770 bits per heavy atom. The second-order valence-electron chi connectivity index (χ2n) is 15.6. The zero-order valence-electron chi connectivity index (χ0n) is 33.1. The number of para-hydroxylation sites is 2. The molecule has 0 amide bonds. The monoisotopic (exact) mass is 779 g/mol. The van der Waals surface area contributed by atoms with Crippen LogP contribution in [0.25, 0.3) is 99.2 Å². The number of anilines is 3. The minimum Gasteiger partial charge on any atom is -0.455 e. The van der Waals surface area contributed by atoms with Crippen molar-refractivity contribution in [2.45, 2.75) is 0 Å². The Hall–Kier alpha value is -8.14. The van der Waals surface area contributed by atoms with Crippen molar-refractivity contribution in [3.8, 4) is 44.5 Å². The largest absolute Gasteiger partial charge is 0.455 e. The van der Waals surface area contributed by atoms with Crippen molar-refractivity contribution < 1.29 is 8.83 Å². The van der Waals surface area contributed by atoms with Gasteiger partial charge in [-0.2, -0.15) is 0 Å². The quantitative estimate of drug-likeness (QED) is 0.161. The fourth-order valence-corrected chi connectivity index (χ4v) is 9.20. The van der Waals surface area contributed by atoms with Crippen LogP contribution in [0.15, 0.2) is 233 Å². The minimum absolute atomic E-state index is 0.855. The van der Waals surface area contributed by atoms with Gasteiger partial charge < -0.3 is 13.7 Å². The normalized spacial score (nSPS) is 11.6. The topological polar surface area (TPSA) is 29.5 Å². The van der Waals surface area contributed by atoms with Crippen molar-refractivity contribution in [3.63, 3.8) is 0 Å². The van der Waals surface area contributed by atoms with Gasteiger partial charge in [0.25, 0.3) is 0 Å². The molecule has 2 aromatic heterocycles. The van der Waals surface area contributed by atoms with Gasteiger partial charge in [0.1, 0.15) is 22.3 Å². The lowest BCUT2D eigenvalue weighted by Crippen LogP contribution is -2.10. The molecule has 0 atom stereocenters. The molecule has 0 radical (unpaired) electrons. The van der Waals surface area contributed by atoms with Crippen LogP contribution in [0.2, 0.25) is 0 Å². The minimum atomic E-state index is 0.855. The lowest BCUT2D eigenvalue weighted by atomic mass is 9.94. The smallest absolute Gasteiger partial charge is 0.145 e. The molecule has 0 unspecified atom stereocenters. The van der Waals surface area contributed by atoms with Gasteiger partial charge in [0.05, 0.1) is 11.1 Å². The first-order valence-corrected chi connectivity index (χ1v) is 20.7. The van der Waals surface area contributed by atoms with Gasteiger partial charge in [0.2, 0.25) is 0 Å². The van der Waals surface area contributed by atoms with E-state index >= 15 is 0 Å². The first-order valence-electron chi connectivity index (χ1n) is 20.7. The third-order valence-corrected chi connectivity index (χ3v) is 12.1. The van der Waals surface area contributed by atoms with E-state index in [0.717, 1.165) is 99.5 Å². The number of nitrogens with zero attached hydrogens (tertiary/aromatic N) is 1. The van der Waals surface area contributed by atoms with Crippen molar-refractivity contribution in [1.29, 1.82) is 0 Å². The maximum absolute atomic E-state index is 7.19.